The molecule has 1 heterocycles. The third-order valence-electron chi connectivity index (χ3n) is 3.00. The van der Waals surface area contributed by atoms with Gasteiger partial charge in [-0.2, -0.15) is 0 Å². The van der Waals surface area contributed by atoms with E-state index in [1.165, 1.54) is 6.07 Å². The van der Waals surface area contributed by atoms with Gasteiger partial charge in [-0.1, -0.05) is 17.7 Å². The summed E-state index contributed by atoms with van der Waals surface area (Å²) in [5.74, 6) is -1.09. The van der Waals surface area contributed by atoms with Crippen molar-refractivity contribution in [3.63, 3.8) is 0 Å². The van der Waals surface area contributed by atoms with Crippen molar-refractivity contribution in [2.75, 3.05) is 11.9 Å². The Labute approximate surface area is 114 Å². The fourth-order valence-corrected chi connectivity index (χ4v) is 2.21. The SMILES string of the molecule is Fc1ccc(C2CNc3cc(Cl)ccc3O2)cc1F. The number of halogens is 3. The second kappa shape index (κ2) is 4.70. The first-order valence-electron chi connectivity index (χ1n) is 5.78. The first-order valence-corrected chi connectivity index (χ1v) is 6.16. The number of hydrogen-bond acceptors (Lipinski definition) is 2. The van der Waals surface area contributed by atoms with Crippen molar-refractivity contribution >= 4 is 17.3 Å². The predicted molar refractivity (Wildman–Crippen MR) is 69.7 cm³/mol. The van der Waals surface area contributed by atoms with Crippen LogP contribution < -0.4 is 10.1 Å². The Morgan fingerprint density at radius 1 is 1.11 bits per heavy atom. The van der Waals surface area contributed by atoms with Crippen LogP contribution in [0.15, 0.2) is 36.4 Å². The van der Waals surface area contributed by atoms with Crippen LogP contribution in [0.5, 0.6) is 5.75 Å². The molecule has 5 heteroatoms. The van der Waals surface area contributed by atoms with Gasteiger partial charge < -0.3 is 10.1 Å². The van der Waals surface area contributed by atoms with E-state index in [4.69, 9.17) is 16.3 Å². The first kappa shape index (κ1) is 12.2. The average molecular weight is 282 g/mol. The molecule has 2 aromatic carbocycles. The van der Waals surface area contributed by atoms with Crippen LogP contribution in [0.25, 0.3) is 0 Å². The molecule has 3 rings (SSSR count). The third-order valence-corrected chi connectivity index (χ3v) is 3.24. The molecule has 1 unspecified atom stereocenters. The van der Waals surface area contributed by atoms with Gasteiger partial charge in [-0.15, -0.1) is 0 Å². The van der Waals surface area contributed by atoms with E-state index in [1.807, 2.05) is 0 Å². The maximum Gasteiger partial charge on any atom is 0.159 e. The summed E-state index contributed by atoms with van der Waals surface area (Å²) in [5, 5.41) is 3.77. The van der Waals surface area contributed by atoms with E-state index in [1.54, 1.807) is 18.2 Å². The summed E-state index contributed by atoms with van der Waals surface area (Å²) < 4.78 is 31.9. The number of ether oxygens (including phenoxy) is 1. The number of hydrogen-bond donors (Lipinski definition) is 1. The Bertz CT molecular complexity index is 633. The fourth-order valence-electron chi connectivity index (χ4n) is 2.04. The zero-order valence-electron chi connectivity index (χ0n) is 9.79. The number of rotatable bonds is 1. The van der Waals surface area contributed by atoms with Crippen molar-refractivity contribution in [1.29, 1.82) is 0 Å². The Morgan fingerprint density at radius 2 is 1.95 bits per heavy atom. The quantitative estimate of drug-likeness (QED) is 0.847. The van der Waals surface area contributed by atoms with Crippen LogP contribution in [0.2, 0.25) is 5.02 Å². The largest absolute Gasteiger partial charge is 0.482 e. The maximum atomic E-state index is 13.2. The summed E-state index contributed by atoms with van der Waals surface area (Å²) in [6.07, 6.45) is -0.358. The summed E-state index contributed by atoms with van der Waals surface area (Å²) in [7, 11) is 0. The lowest BCUT2D eigenvalue weighted by Gasteiger charge is -2.27. The molecule has 98 valence electrons. The molecule has 0 fully saturated rings. The molecule has 2 aromatic rings. The molecule has 0 amide bonds. The molecule has 2 nitrogen and oxygen atoms in total. The minimum Gasteiger partial charge on any atom is -0.482 e. The standard InChI is InChI=1S/C14H10ClF2NO/c15-9-2-4-13-12(6-9)18-7-14(19-13)8-1-3-10(16)11(17)5-8/h1-6,14,18H,7H2. The lowest BCUT2D eigenvalue weighted by atomic mass is 10.1. The molecule has 19 heavy (non-hydrogen) atoms. The molecular weight excluding hydrogens is 272 g/mol. The third kappa shape index (κ3) is 2.36. The molecule has 0 bridgehead atoms. The Hall–Kier alpha value is -1.81. The normalized spacial score (nSPS) is 17.3. The molecule has 1 atom stereocenters. The highest BCUT2D eigenvalue weighted by molar-refractivity contribution is 6.30. The van der Waals surface area contributed by atoms with E-state index in [0.717, 1.165) is 17.8 Å². The van der Waals surface area contributed by atoms with E-state index in [0.29, 0.717) is 22.9 Å². The number of benzene rings is 2. The summed E-state index contributed by atoms with van der Waals surface area (Å²) >= 11 is 5.88. The summed E-state index contributed by atoms with van der Waals surface area (Å²) in [6.45, 7) is 0.471. The van der Waals surface area contributed by atoms with Gasteiger partial charge in [0.15, 0.2) is 11.6 Å². The van der Waals surface area contributed by atoms with Crippen molar-refractivity contribution < 1.29 is 13.5 Å². The Balaban J connectivity index is 1.89. The zero-order valence-corrected chi connectivity index (χ0v) is 10.5. The lowest BCUT2D eigenvalue weighted by Crippen LogP contribution is -2.23. The Kier molecular flexibility index (Phi) is 3.03. The van der Waals surface area contributed by atoms with E-state index >= 15 is 0 Å². The number of fused-ring (bicyclic) bond motifs is 1. The second-order valence-electron chi connectivity index (χ2n) is 4.30. The lowest BCUT2D eigenvalue weighted by molar-refractivity contribution is 0.210. The molecule has 1 N–H and O–H groups in total. The van der Waals surface area contributed by atoms with Crippen molar-refractivity contribution in [2.45, 2.75) is 6.10 Å². The van der Waals surface area contributed by atoms with Gasteiger partial charge in [-0.3, -0.25) is 0 Å². The molecule has 0 saturated heterocycles. The predicted octanol–water partition coefficient (Wildman–Crippen LogP) is 4.16. The summed E-state index contributed by atoms with van der Waals surface area (Å²) in [4.78, 5) is 0. The van der Waals surface area contributed by atoms with Gasteiger partial charge in [0, 0.05) is 5.02 Å². The van der Waals surface area contributed by atoms with Crippen LogP contribution in [0.4, 0.5) is 14.5 Å². The van der Waals surface area contributed by atoms with Gasteiger partial charge in [0.1, 0.15) is 11.9 Å². The zero-order chi connectivity index (χ0) is 13.4. The van der Waals surface area contributed by atoms with E-state index in [-0.39, 0.29) is 6.10 Å². The second-order valence-corrected chi connectivity index (χ2v) is 4.74. The van der Waals surface area contributed by atoms with Crippen LogP contribution >= 0.6 is 11.6 Å². The van der Waals surface area contributed by atoms with Gasteiger partial charge in [-0.25, -0.2) is 8.78 Å². The molecular formula is C14H10ClF2NO. The van der Waals surface area contributed by atoms with Crippen LogP contribution in [0.3, 0.4) is 0 Å². The highest BCUT2D eigenvalue weighted by Crippen LogP contribution is 2.36. The minimum atomic E-state index is -0.872. The molecule has 0 radical (unpaired) electrons. The fraction of sp³-hybridized carbons (Fsp3) is 0.143. The maximum absolute atomic E-state index is 13.2. The molecule has 0 saturated carbocycles. The Morgan fingerprint density at radius 3 is 2.74 bits per heavy atom. The molecule has 0 aromatic heterocycles. The number of nitrogens with one attached hydrogen (secondary N) is 1. The van der Waals surface area contributed by atoms with E-state index in [2.05, 4.69) is 5.32 Å². The monoisotopic (exact) mass is 281 g/mol. The minimum absolute atomic E-state index is 0.358. The van der Waals surface area contributed by atoms with Crippen LogP contribution in [-0.4, -0.2) is 6.54 Å². The average Bonchev–Trinajstić information content (AvgIpc) is 2.41. The van der Waals surface area contributed by atoms with Gasteiger partial charge in [0.25, 0.3) is 0 Å². The van der Waals surface area contributed by atoms with Crippen LogP contribution in [-0.2, 0) is 0 Å². The van der Waals surface area contributed by atoms with Gasteiger partial charge in [0.2, 0.25) is 0 Å². The topological polar surface area (TPSA) is 21.3 Å². The smallest absolute Gasteiger partial charge is 0.159 e. The van der Waals surface area contributed by atoms with Crippen molar-refractivity contribution in [2.24, 2.45) is 0 Å². The van der Waals surface area contributed by atoms with Crippen LogP contribution in [0, 0.1) is 11.6 Å². The summed E-state index contributed by atoms with van der Waals surface area (Å²) in [5.41, 5.74) is 1.39. The van der Waals surface area contributed by atoms with Crippen LogP contribution in [0.1, 0.15) is 11.7 Å². The van der Waals surface area contributed by atoms with Gasteiger partial charge in [0.05, 0.1) is 12.2 Å². The molecule has 1 aliphatic rings. The highest BCUT2D eigenvalue weighted by atomic mass is 35.5. The number of anilines is 1. The first-order chi connectivity index (χ1) is 9.13. The molecule has 0 spiro atoms. The molecule has 1 aliphatic heterocycles. The van der Waals surface area contributed by atoms with Crippen molar-refractivity contribution in [3.05, 3.63) is 58.6 Å². The van der Waals surface area contributed by atoms with Crippen molar-refractivity contribution in [1.82, 2.24) is 0 Å². The highest BCUT2D eigenvalue weighted by Gasteiger charge is 2.22. The van der Waals surface area contributed by atoms with Gasteiger partial charge in [-0.05, 0) is 35.9 Å². The summed E-state index contributed by atoms with van der Waals surface area (Å²) in [6, 6.07) is 9.00. The van der Waals surface area contributed by atoms with E-state index in [9.17, 15) is 8.78 Å². The van der Waals surface area contributed by atoms with E-state index < -0.39 is 11.6 Å². The molecule has 0 aliphatic carbocycles. The van der Waals surface area contributed by atoms with Gasteiger partial charge >= 0.3 is 0 Å². The van der Waals surface area contributed by atoms with Crippen molar-refractivity contribution in [3.8, 4) is 5.75 Å².